The van der Waals surface area contributed by atoms with Gasteiger partial charge in [-0.1, -0.05) is 34.6 Å². The van der Waals surface area contributed by atoms with Gasteiger partial charge in [-0.3, -0.25) is 0 Å². The van der Waals surface area contributed by atoms with Crippen molar-refractivity contribution in [1.29, 1.82) is 0 Å². The summed E-state index contributed by atoms with van der Waals surface area (Å²) in [5.74, 6) is 0.593. The van der Waals surface area contributed by atoms with E-state index in [1.165, 1.54) is 6.33 Å². The summed E-state index contributed by atoms with van der Waals surface area (Å²) in [6.07, 6.45) is 2.37. The number of aryl methyl sites for hydroxylation is 2. The van der Waals surface area contributed by atoms with Crippen LogP contribution in [0.1, 0.15) is 23.7 Å². The maximum absolute atomic E-state index is 12.3. The molecular weight excluding hydrogens is 476 g/mol. The zero-order chi connectivity index (χ0) is 22.0. The zero-order valence-electron chi connectivity index (χ0n) is 17.3. The molecule has 0 saturated heterocycles. The third-order valence-corrected chi connectivity index (χ3v) is 6.79. The Kier molecular flexibility index (Phi) is 6.24. The molecule has 2 N–H and O–H groups in total. The Bertz CT molecular complexity index is 1260. The minimum Gasteiger partial charge on any atom is -0.308 e. The van der Waals surface area contributed by atoms with Crippen molar-refractivity contribution in [2.75, 3.05) is 10.6 Å². The predicted molar refractivity (Wildman–Crippen MR) is 127 cm³/mol. The van der Waals surface area contributed by atoms with E-state index in [0.717, 1.165) is 43.3 Å². The van der Waals surface area contributed by atoms with Crippen LogP contribution in [0.25, 0.3) is 5.78 Å². The normalized spacial score (nSPS) is 11.0. The van der Waals surface area contributed by atoms with E-state index in [2.05, 4.69) is 48.6 Å². The van der Waals surface area contributed by atoms with Gasteiger partial charge in [-0.2, -0.15) is 14.6 Å². The Morgan fingerprint density at radius 2 is 1.81 bits per heavy atom. The van der Waals surface area contributed by atoms with Gasteiger partial charge in [0.25, 0.3) is 5.78 Å². The highest BCUT2D eigenvalue weighted by Gasteiger charge is 2.14. The maximum atomic E-state index is 12.3. The molecule has 0 atom stereocenters. The Morgan fingerprint density at radius 3 is 2.52 bits per heavy atom. The van der Waals surface area contributed by atoms with Gasteiger partial charge in [0.15, 0.2) is 0 Å². The van der Waals surface area contributed by atoms with Crippen molar-refractivity contribution in [1.82, 2.24) is 19.6 Å². The molecule has 0 aliphatic heterocycles. The summed E-state index contributed by atoms with van der Waals surface area (Å²) >= 11 is 5.07. The average molecular weight is 497 g/mol. The van der Waals surface area contributed by atoms with Crippen molar-refractivity contribution in [3.63, 3.8) is 0 Å². The van der Waals surface area contributed by atoms with E-state index in [1.54, 1.807) is 16.3 Å². The van der Waals surface area contributed by atoms with Crippen LogP contribution in [0.5, 0.6) is 0 Å². The molecule has 0 aliphatic rings. The molecule has 2 heterocycles. The van der Waals surface area contributed by atoms with Crippen LogP contribution in [-0.4, -0.2) is 25.6 Å². The van der Waals surface area contributed by atoms with Gasteiger partial charge in [-0.05, 0) is 68.3 Å². The third kappa shape index (κ3) is 4.72. The first-order chi connectivity index (χ1) is 14.9. The summed E-state index contributed by atoms with van der Waals surface area (Å²) in [6, 6.07) is 13.1. The number of aromatic nitrogens is 4. The topological polar surface area (TPSA) is 84.2 Å². The monoisotopic (exact) mass is 496 g/mol. The second-order valence-corrected chi connectivity index (χ2v) is 8.89. The molecule has 31 heavy (non-hydrogen) atoms. The number of halogens is 1. The van der Waals surface area contributed by atoms with Crippen LogP contribution in [0.15, 0.2) is 63.2 Å². The molecule has 0 saturated carbocycles. The number of benzene rings is 2. The van der Waals surface area contributed by atoms with E-state index >= 15 is 0 Å². The largest absolute Gasteiger partial charge is 0.323 e. The molecule has 4 rings (SSSR count). The minimum absolute atomic E-state index is 0.288. The van der Waals surface area contributed by atoms with Crippen LogP contribution >= 0.6 is 27.7 Å². The van der Waals surface area contributed by atoms with Gasteiger partial charge in [0.05, 0.1) is 0 Å². The number of carbonyl (C=O) groups excluding carboxylic acids is 1. The van der Waals surface area contributed by atoms with Crippen LogP contribution < -0.4 is 10.6 Å². The van der Waals surface area contributed by atoms with E-state index in [1.807, 2.05) is 56.3 Å². The fourth-order valence-electron chi connectivity index (χ4n) is 3.20. The number of amides is 2. The van der Waals surface area contributed by atoms with E-state index in [0.29, 0.717) is 11.5 Å². The summed E-state index contributed by atoms with van der Waals surface area (Å²) in [5, 5.41) is 11.0. The maximum Gasteiger partial charge on any atom is 0.323 e. The molecular formula is C22H21BrN6OS. The summed E-state index contributed by atoms with van der Waals surface area (Å²) in [6.45, 7) is 6.08. The number of carbonyl (C=O) groups is 1. The number of rotatable bonds is 5. The van der Waals surface area contributed by atoms with Crippen molar-refractivity contribution in [2.24, 2.45) is 0 Å². The summed E-state index contributed by atoms with van der Waals surface area (Å²) in [5.41, 5.74) is 4.61. The van der Waals surface area contributed by atoms with Gasteiger partial charge < -0.3 is 10.6 Å². The molecule has 0 fully saturated rings. The number of hydrogen-bond donors (Lipinski definition) is 2. The first kappa shape index (κ1) is 21.3. The fraction of sp³-hybridized carbons (Fsp3) is 0.182. The number of nitrogens with one attached hydrogen (secondary N) is 2. The molecule has 9 heteroatoms. The molecule has 7 nitrogen and oxygen atoms in total. The lowest BCUT2D eigenvalue weighted by molar-refractivity contribution is 0.262. The molecule has 0 spiro atoms. The standard InChI is InChI=1S/C22H21BrN6OS/c1-4-18-14(3)26-21-24-12-25-29(21)20(18)31-17-8-5-15(6-9-17)27-22(30)28-16-7-10-19(23)13(2)11-16/h5-12H,4H2,1-3H3,(H2,27,28,30). The highest BCUT2D eigenvalue weighted by molar-refractivity contribution is 9.10. The predicted octanol–water partition coefficient (Wildman–Crippen LogP) is 5.86. The lowest BCUT2D eigenvalue weighted by Crippen LogP contribution is -2.19. The molecule has 0 aliphatic carbocycles. The van der Waals surface area contributed by atoms with Crippen LogP contribution in [-0.2, 0) is 6.42 Å². The highest BCUT2D eigenvalue weighted by atomic mass is 79.9. The van der Waals surface area contributed by atoms with Crippen molar-refractivity contribution in [2.45, 2.75) is 37.1 Å². The summed E-state index contributed by atoms with van der Waals surface area (Å²) in [7, 11) is 0. The van der Waals surface area contributed by atoms with Crippen LogP contribution in [0.2, 0.25) is 0 Å². The van der Waals surface area contributed by atoms with Crippen molar-refractivity contribution in [3.05, 3.63) is 70.1 Å². The van der Waals surface area contributed by atoms with Crippen LogP contribution in [0.4, 0.5) is 16.2 Å². The Morgan fingerprint density at radius 1 is 1.10 bits per heavy atom. The number of fused-ring (bicyclic) bond motifs is 1. The van der Waals surface area contributed by atoms with E-state index in [9.17, 15) is 4.79 Å². The Labute approximate surface area is 192 Å². The van der Waals surface area contributed by atoms with Crippen molar-refractivity contribution in [3.8, 4) is 0 Å². The van der Waals surface area contributed by atoms with Gasteiger partial charge in [0, 0.05) is 32.0 Å². The minimum atomic E-state index is -0.288. The fourth-order valence-corrected chi connectivity index (χ4v) is 4.57. The van der Waals surface area contributed by atoms with Crippen molar-refractivity contribution < 1.29 is 4.79 Å². The van der Waals surface area contributed by atoms with Gasteiger partial charge in [0.1, 0.15) is 11.4 Å². The van der Waals surface area contributed by atoms with E-state index in [-0.39, 0.29) is 6.03 Å². The lowest BCUT2D eigenvalue weighted by atomic mass is 10.2. The van der Waals surface area contributed by atoms with Crippen LogP contribution in [0, 0.1) is 13.8 Å². The summed E-state index contributed by atoms with van der Waals surface area (Å²) in [4.78, 5) is 22.1. The molecule has 2 amide bonds. The molecule has 2 aromatic carbocycles. The Hall–Kier alpha value is -2.91. The van der Waals surface area contributed by atoms with Crippen LogP contribution in [0.3, 0.4) is 0 Å². The molecule has 0 bridgehead atoms. The molecule has 158 valence electrons. The van der Waals surface area contributed by atoms with E-state index in [4.69, 9.17) is 0 Å². The average Bonchev–Trinajstić information content (AvgIpc) is 3.20. The van der Waals surface area contributed by atoms with Gasteiger partial charge in [0.2, 0.25) is 0 Å². The number of hydrogen-bond acceptors (Lipinski definition) is 5. The first-order valence-electron chi connectivity index (χ1n) is 9.76. The number of urea groups is 1. The van der Waals surface area contributed by atoms with E-state index < -0.39 is 0 Å². The zero-order valence-corrected chi connectivity index (χ0v) is 19.7. The van der Waals surface area contributed by atoms with Gasteiger partial charge in [-0.15, -0.1) is 0 Å². The lowest BCUT2D eigenvalue weighted by Gasteiger charge is -2.12. The second-order valence-electron chi connectivity index (χ2n) is 6.98. The molecule has 0 unspecified atom stereocenters. The first-order valence-corrected chi connectivity index (χ1v) is 11.4. The molecule has 0 radical (unpaired) electrons. The molecule has 4 aromatic rings. The third-order valence-electron chi connectivity index (χ3n) is 4.78. The Balaban J connectivity index is 1.48. The SMILES string of the molecule is CCc1c(C)nc2ncnn2c1Sc1ccc(NC(=O)Nc2ccc(Br)c(C)c2)cc1. The smallest absolute Gasteiger partial charge is 0.308 e. The highest BCUT2D eigenvalue weighted by Crippen LogP contribution is 2.32. The number of nitrogens with zero attached hydrogens (tertiary/aromatic N) is 4. The number of anilines is 2. The second kappa shape index (κ2) is 9.07. The van der Waals surface area contributed by atoms with Gasteiger partial charge >= 0.3 is 6.03 Å². The molecule has 2 aromatic heterocycles. The quantitative estimate of drug-likeness (QED) is 0.338. The summed E-state index contributed by atoms with van der Waals surface area (Å²) < 4.78 is 2.78. The van der Waals surface area contributed by atoms with Crippen molar-refractivity contribution >= 4 is 50.9 Å². The van der Waals surface area contributed by atoms with Gasteiger partial charge in [-0.25, -0.2) is 9.78 Å².